The molecule has 3 rings (SSSR count). The van der Waals surface area contributed by atoms with Gasteiger partial charge in [-0.3, -0.25) is 4.79 Å². The molecule has 0 atom stereocenters. The summed E-state index contributed by atoms with van der Waals surface area (Å²) in [5.41, 5.74) is 0.520. The maximum Gasteiger partial charge on any atom is 0.417 e. The van der Waals surface area contributed by atoms with Crippen molar-refractivity contribution in [2.45, 2.75) is 38.3 Å². The van der Waals surface area contributed by atoms with E-state index in [-0.39, 0.29) is 10.9 Å². The largest absolute Gasteiger partial charge is 0.417 e. The molecule has 0 amide bonds. The summed E-state index contributed by atoms with van der Waals surface area (Å²) in [4.78, 5) is 13.9. The molecule has 0 saturated carbocycles. The zero-order valence-corrected chi connectivity index (χ0v) is 12.0. The van der Waals surface area contributed by atoms with Crippen molar-refractivity contribution in [2.24, 2.45) is 0 Å². The Kier molecular flexibility index (Phi) is 3.81. The standard InChI is InChI=1S/C17H16F3NO/c18-17(19,20)14-10-16(22)21-15-8-7-12(9-13(14)15)11-5-3-1-2-4-6-11/h5,7-10H,1-4,6H2,(H,21,22). The molecule has 0 bridgehead atoms. The molecule has 116 valence electrons. The molecule has 2 aromatic rings. The lowest BCUT2D eigenvalue weighted by Gasteiger charge is -2.12. The Morgan fingerprint density at radius 1 is 1.05 bits per heavy atom. The smallest absolute Gasteiger partial charge is 0.322 e. The van der Waals surface area contributed by atoms with Crippen LogP contribution in [0.3, 0.4) is 0 Å². The van der Waals surface area contributed by atoms with Crippen molar-refractivity contribution in [1.29, 1.82) is 0 Å². The van der Waals surface area contributed by atoms with Gasteiger partial charge in [0.05, 0.1) is 5.56 Å². The van der Waals surface area contributed by atoms with E-state index in [9.17, 15) is 18.0 Å². The number of aromatic amines is 1. The average molecular weight is 307 g/mol. The van der Waals surface area contributed by atoms with Crippen LogP contribution in [0.4, 0.5) is 13.2 Å². The summed E-state index contributed by atoms with van der Waals surface area (Å²) in [5.74, 6) is 0. The SMILES string of the molecule is O=c1cc(C(F)(F)F)c2cc(C3=CCCCCC3)ccc2[nH]1. The van der Waals surface area contributed by atoms with Crippen LogP contribution < -0.4 is 5.56 Å². The molecule has 1 aromatic heterocycles. The van der Waals surface area contributed by atoms with Crippen molar-refractivity contribution < 1.29 is 13.2 Å². The van der Waals surface area contributed by atoms with Crippen LogP contribution >= 0.6 is 0 Å². The van der Waals surface area contributed by atoms with Gasteiger partial charge in [-0.2, -0.15) is 13.2 Å². The molecule has 0 spiro atoms. The number of aromatic nitrogens is 1. The molecule has 5 heteroatoms. The zero-order valence-electron chi connectivity index (χ0n) is 12.0. The minimum Gasteiger partial charge on any atom is -0.322 e. The van der Waals surface area contributed by atoms with Crippen LogP contribution in [0.15, 0.2) is 35.1 Å². The molecular weight excluding hydrogens is 291 g/mol. The lowest BCUT2D eigenvalue weighted by atomic mass is 9.98. The van der Waals surface area contributed by atoms with Crippen LogP contribution in [0.1, 0.15) is 43.2 Å². The third kappa shape index (κ3) is 2.93. The summed E-state index contributed by atoms with van der Waals surface area (Å²) in [6, 6.07) is 5.53. The van der Waals surface area contributed by atoms with Crippen LogP contribution in [0.2, 0.25) is 0 Å². The Balaban J connectivity index is 2.18. The van der Waals surface area contributed by atoms with E-state index in [2.05, 4.69) is 11.1 Å². The third-order valence-electron chi connectivity index (χ3n) is 4.06. The monoisotopic (exact) mass is 307 g/mol. The fraction of sp³-hybridized carbons (Fsp3) is 0.353. The van der Waals surface area contributed by atoms with Gasteiger partial charge in [-0.1, -0.05) is 18.6 Å². The van der Waals surface area contributed by atoms with Crippen LogP contribution in [-0.4, -0.2) is 4.98 Å². The van der Waals surface area contributed by atoms with Gasteiger partial charge in [-0.15, -0.1) is 0 Å². The Bertz CT molecular complexity index is 787. The number of allylic oxidation sites excluding steroid dienone is 2. The Labute approximate surface area is 125 Å². The van der Waals surface area contributed by atoms with Gasteiger partial charge in [0.2, 0.25) is 5.56 Å². The predicted octanol–water partition coefficient (Wildman–Crippen LogP) is 4.89. The van der Waals surface area contributed by atoms with Gasteiger partial charge < -0.3 is 4.98 Å². The van der Waals surface area contributed by atoms with Crippen molar-refractivity contribution in [1.82, 2.24) is 4.98 Å². The van der Waals surface area contributed by atoms with Gasteiger partial charge in [-0.05, 0) is 49.0 Å². The molecule has 0 radical (unpaired) electrons. The van der Waals surface area contributed by atoms with Crippen LogP contribution in [0.25, 0.3) is 16.5 Å². The highest BCUT2D eigenvalue weighted by Crippen LogP contribution is 2.35. The minimum atomic E-state index is -4.54. The van der Waals surface area contributed by atoms with Crippen LogP contribution in [0.5, 0.6) is 0 Å². The second-order valence-electron chi connectivity index (χ2n) is 5.63. The van der Waals surface area contributed by atoms with E-state index in [4.69, 9.17) is 0 Å². The molecule has 1 heterocycles. The van der Waals surface area contributed by atoms with Crippen molar-refractivity contribution >= 4 is 16.5 Å². The summed E-state index contributed by atoms with van der Waals surface area (Å²) in [6.07, 6.45) is 2.76. The van der Waals surface area contributed by atoms with Gasteiger partial charge in [0.25, 0.3) is 0 Å². The lowest BCUT2D eigenvalue weighted by molar-refractivity contribution is -0.136. The fourth-order valence-corrected chi connectivity index (χ4v) is 2.97. The van der Waals surface area contributed by atoms with Crippen molar-refractivity contribution in [3.8, 4) is 0 Å². The van der Waals surface area contributed by atoms with E-state index in [0.717, 1.165) is 43.2 Å². The number of hydrogen-bond acceptors (Lipinski definition) is 1. The number of hydrogen-bond donors (Lipinski definition) is 1. The highest BCUT2D eigenvalue weighted by molar-refractivity contribution is 5.86. The topological polar surface area (TPSA) is 32.9 Å². The summed E-state index contributed by atoms with van der Waals surface area (Å²) < 4.78 is 39.5. The van der Waals surface area contributed by atoms with Crippen LogP contribution in [0, 0.1) is 0 Å². The number of nitrogens with one attached hydrogen (secondary N) is 1. The molecule has 22 heavy (non-hydrogen) atoms. The first-order valence-corrected chi connectivity index (χ1v) is 7.39. The zero-order chi connectivity index (χ0) is 15.7. The number of alkyl halides is 3. The first kappa shape index (κ1) is 14.9. The molecule has 0 aliphatic heterocycles. The van der Waals surface area contributed by atoms with Crippen molar-refractivity contribution in [3.63, 3.8) is 0 Å². The second kappa shape index (κ2) is 5.63. The maximum atomic E-state index is 13.2. The summed E-state index contributed by atoms with van der Waals surface area (Å²) in [5, 5.41) is 0.0507. The summed E-state index contributed by atoms with van der Waals surface area (Å²) in [7, 11) is 0. The Morgan fingerprint density at radius 3 is 2.64 bits per heavy atom. The number of benzene rings is 1. The van der Waals surface area contributed by atoms with Gasteiger partial charge in [-0.25, -0.2) is 0 Å². The number of fused-ring (bicyclic) bond motifs is 1. The second-order valence-corrected chi connectivity index (χ2v) is 5.63. The molecule has 1 N–H and O–H groups in total. The number of rotatable bonds is 1. The highest BCUT2D eigenvalue weighted by Gasteiger charge is 2.33. The van der Waals surface area contributed by atoms with E-state index in [0.29, 0.717) is 6.07 Å². The van der Waals surface area contributed by atoms with Gasteiger partial charge >= 0.3 is 6.18 Å². The van der Waals surface area contributed by atoms with E-state index in [1.807, 2.05) is 0 Å². The maximum absolute atomic E-state index is 13.2. The number of halogens is 3. The number of H-pyrrole nitrogens is 1. The highest BCUT2D eigenvalue weighted by atomic mass is 19.4. The normalized spacial score (nSPS) is 16.4. The summed E-state index contributed by atoms with van der Waals surface area (Å²) in [6.45, 7) is 0. The molecule has 1 aromatic carbocycles. The quantitative estimate of drug-likeness (QED) is 0.799. The molecule has 0 fully saturated rings. The minimum absolute atomic E-state index is 0.0507. The van der Waals surface area contributed by atoms with E-state index >= 15 is 0 Å². The van der Waals surface area contributed by atoms with Crippen LogP contribution in [-0.2, 0) is 6.18 Å². The first-order valence-electron chi connectivity index (χ1n) is 7.39. The fourth-order valence-electron chi connectivity index (χ4n) is 2.97. The molecule has 1 aliphatic carbocycles. The predicted molar refractivity (Wildman–Crippen MR) is 80.6 cm³/mol. The van der Waals surface area contributed by atoms with Crippen molar-refractivity contribution in [3.05, 3.63) is 51.8 Å². The molecule has 2 nitrogen and oxygen atoms in total. The lowest BCUT2D eigenvalue weighted by Crippen LogP contribution is -2.14. The van der Waals surface area contributed by atoms with E-state index in [1.165, 1.54) is 0 Å². The molecule has 1 aliphatic rings. The third-order valence-corrected chi connectivity index (χ3v) is 4.06. The van der Waals surface area contributed by atoms with Gasteiger partial charge in [0, 0.05) is 17.0 Å². The summed E-state index contributed by atoms with van der Waals surface area (Å²) >= 11 is 0. The Hall–Kier alpha value is -2.04. The molecular formula is C17H16F3NO. The molecule has 0 unspecified atom stereocenters. The van der Waals surface area contributed by atoms with Crippen molar-refractivity contribution in [2.75, 3.05) is 0 Å². The van der Waals surface area contributed by atoms with E-state index in [1.54, 1.807) is 18.2 Å². The first-order chi connectivity index (χ1) is 10.4. The average Bonchev–Trinajstić information content (AvgIpc) is 2.74. The molecule has 0 saturated heterocycles. The van der Waals surface area contributed by atoms with Gasteiger partial charge in [0.15, 0.2) is 0 Å². The Morgan fingerprint density at radius 2 is 1.86 bits per heavy atom. The van der Waals surface area contributed by atoms with Gasteiger partial charge in [0.1, 0.15) is 0 Å². The number of pyridine rings is 1. The van der Waals surface area contributed by atoms with E-state index < -0.39 is 17.3 Å².